The minimum Gasteiger partial charge on any atom is -0.497 e. The van der Waals surface area contributed by atoms with E-state index in [-0.39, 0.29) is 5.91 Å². The number of amides is 1. The number of fused-ring (bicyclic) bond motifs is 3. The van der Waals surface area contributed by atoms with Gasteiger partial charge in [-0.25, -0.2) is 4.98 Å². The minimum atomic E-state index is -0.914. The van der Waals surface area contributed by atoms with Crippen LogP contribution in [0.2, 0.25) is 0 Å². The quantitative estimate of drug-likeness (QED) is 0.786. The number of methoxy groups -OCH3 is 2. The lowest BCUT2D eigenvalue weighted by Gasteiger charge is -2.30. The van der Waals surface area contributed by atoms with Crippen LogP contribution in [-0.2, 0) is 4.79 Å². The molecule has 130 valence electrons. The second-order valence-corrected chi connectivity index (χ2v) is 5.94. The Hall–Kier alpha value is -3.53. The second-order valence-electron chi connectivity index (χ2n) is 5.94. The van der Waals surface area contributed by atoms with Crippen LogP contribution in [0, 0.1) is 17.2 Å². The third-order valence-corrected chi connectivity index (χ3v) is 4.61. The molecule has 0 bridgehead atoms. The summed E-state index contributed by atoms with van der Waals surface area (Å²) in [5.74, 6) is 0.314. The van der Waals surface area contributed by atoms with E-state index in [9.17, 15) is 10.1 Å². The van der Waals surface area contributed by atoms with Gasteiger partial charge in [0.05, 0.1) is 37.4 Å². The summed E-state index contributed by atoms with van der Waals surface area (Å²) < 4.78 is 12.7. The molecule has 0 aliphatic carbocycles. The normalized spacial score (nSPS) is 18.7. The lowest BCUT2D eigenvalue weighted by molar-refractivity contribution is -0.119. The molecule has 1 aliphatic rings. The lowest BCUT2D eigenvalue weighted by Crippen LogP contribution is -2.37. The first-order valence-corrected chi connectivity index (χ1v) is 8.07. The van der Waals surface area contributed by atoms with Gasteiger partial charge in [0.1, 0.15) is 11.5 Å². The van der Waals surface area contributed by atoms with Crippen LogP contribution in [0.1, 0.15) is 11.6 Å². The topological polar surface area (TPSA) is 89.2 Å². The van der Waals surface area contributed by atoms with Gasteiger partial charge in [-0.1, -0.05) is 12.1 Å². The summed E-state index contributed by atoms with van der Waals surface area (Å²) >= 11 is 0. The van der Waals surface area contributed by atoms with Gasteiger partial charge in [0.2, 0.25) is 11.9 Å². The van der Waals surface area contributed by atoms with E-state index in [1.807, 2.05) is 34.9 Å². The number of para-hydroxylation sites is 2. The van der Waals surface area contributed by atoms with Crippen molar-refractivity contribution in [2.45, 2.75) is 6.04 Å². The van der Waals surface area contributed by atoms with Gasteiger partial charge in [-0.2, -0.15) is 5.26 Å². The van der Waals surface area contributed by atoms with Crippen LogP contribution < -0.4 is 14.8 Å². The van der Waals surface area contributed by atoms with Gasteiger partial charge >= 0.3 is 0 Å². The number of rotatable bonds is 3. The number of hydrogen-bond acceptors (Lipinski definition) is 5. The fourth-order valence-electron chi connectivity index (χ4n) is 3.41. The zero-order chi connectivity index (χ0) is 18.3. The molecule has 1 N–H and O–H groups in total. The van der Waals surface area contributed by atoms with Crippen molar-refractivity contribution in [2.24, 2.45) is 5.92 Å². The van der Waals surface area contributed by atoms with Crippen molar-refractivity contribution in [3.63, 3.8) is 0 Å². The van der Waals surface area contributed by atoms with E-state index in [0.29, 0.717) is 17.4 Å². The van der Waals surface area contributed by atoms with Gasteiger partial charge in [-0.05, 0) is 24.3 Å². The van der Waals surface area contributed by atoms with Gasteiger partial charge in [0.25, 0.3) is 0 Å². The van der Waals surface area contributed by atoms with Crippen molar-refractivity contribution in [1.82, 2.24) is 9.55 Å². The Labute approximate surface area is 149 Å². The maximum Gasteiger partial charge on any atom is 0.246 e. The summed E-state index contributed by atoms with van der Waals surface area (Å²) in [5, 5.41) is 12.4. The van der Waals surface area contributed by atoms with Gasteiger partial charge in [-0.3, -0.25) is 10.1 Å². The number of imidazole rings is 1. The largest absolute Gasteiger partial charge is 0.497 e. The zero-order valence-corrected chi connectivity index (χ0v) is 14.3. The number of hydrogen-bond donors (Lipinski definition) is 1. The SMILES string of the molecule is COc1ccc([C@@H]2[C@H](C#N)C(=O)Nc3nc4ccccc4n32)c(OC)c1. The highest BCUT2D eigenvalue weighted by molar-refractivity contribution is 5.97. The fraction of sp³-hybridized carbons (Fsp3) is 0.211. The summed E-state index contributed by atoms with van der Waals surface area (Å²) in [6, 6.07) is 14.5. The molecule has 0 spiro atoms. The molecule has 2 atom stereocenters. The van der Waals surface area contributed by atoms with Gasteiger partial charge in [-0.15, -0.1) is 0 Å². The highest BCUT2D eigenvalue weighted by Crippen LogP contribution is 2.41. The van der Waals surface area contributed by atoms with E-state index in [2.05, 4.69) is 16.4 Å². The number of carbonyl (C=O) groups excluding carboxylic acids is 1. The number of anilines is 1. The first kappa shape index (κ1) is 16.0. The van der Waals surface area contributed by atoms with E-state index < -0.39 is 12.0 Å². The number of benzene rings is 2. The van der Waals surface area contributed by atoms with Crippen LogP contribution in [0.4, 0.5) is 5.95 Å². The third-order valence-electron chi connectivity index (χ3n) is 4.61. The van der Waals surface area contributed by atoms with Crippen molar-refractivity contribution in [1.29, 1.82) is 5.26 Å². The van der Waals surface area contributed by atoms with E-state index in [0.717, 1.165) is 16.6 Å². The first-order valence-electron chi connectivity index (χ1n) is 8.07. The van der Waals surface area contributed by atoms with Gasteiger partial charge in [0, 0.05) is 11.6 Å². The molecule has 1 aromatic heterocycles. The molecule has 0 saturated carbocycles. The average molecular weight is 348 g/mol. The summed E-state index contributed by atoms with van der Waals surface area (Å²) in [4.78, 5) is 17.0. The molecule has 0 radical (unpaired) electrons. The van der Waals surface area contributed by atoms with Crippen molar-refractivity contribution >= 4 is 22.9 Å². The summed E-state index contributed by atoms with van der Waals surface area (Å²) in [7, 11) is 3.12. The fourth-order valence-corrected chi connectivity index (χ4v) is 3.41. The molecule has 7 nitrogen and oxygen atoms in total. The molecule has 1 aliphatic heterocycles. The number of nitrogens with zero attached hydrogens (tertiary/aromatic N) is 3. The minimum absolute atomic E-state index is 0.377. The predicted molar refractivity (Wildman–Crippen MR) is 95.2 cm³/mol. The molecule has 4 rings (SSSR count). The van der Waals surface area contributed by atoms with Gasteiger partial charge < -0.3 is 14.0 Å². The number of aromatic nitrogens is 2. The van der Waals surface area contributed by atoms with Crippen LogP contribution in [-0.4, -0.2) is 29.7 Å². The Morgan fingerprint density at radius 2 is 2.00 bits per heavy atom. The highest BCUT2D eigenvalue weighted by Gasteiger charge is 2.40. The summed E-state index contributed by atoms with van der Waals surface area (Å²) in [5.41, 5.74) is 2.31. The first-order chi connectivity index (χ1) is 12.7. The Morgan fingerprint density at radius 3 is 2.73 bits per heavy atom. The number of nitrogens with one attached hydrogen (secondary N) is 1. The van der Waals surface area contributed by atoms with Crippen molar-refractivity contribution in [2.75, 3.05) is 19.5 Å². The van der Waals surface area contributed by atoms with Crippen LogP contribution >= 0.6 is 0 Å². The molecule has 3 aromatic rings. The second kappa shape index (κ2) is 6.08. The summed E-state index contributed by atoms with van der Waals surface area (Å²) in [6.07, 6.45) is 0. The molecule has 0 fully saturated rings. The molecule has 2 heterocycles. The van der Waals surface area contributed by atoms with Crippen LogP contribution in [0.25, 0.3) is 11.0 Å². The molecule has 2 aromatic carbocycles. The van der Waals surface area contributed by atoms with Crippen molar-refractivity contribution in [3.05, 3.63) is 48.0 Å². The number of carbonyl (C=O) groups is 1. The smallest absolute Gasteiger partial charge is 0.246 e. The van der Waals surface area contributed by atoms with Crippen molar-refractivity contribution < 1.29 is 14.3 Å². The third kappa shape index (κ3) is 2.27. The maximum atomic E-state index is 12.5. The Balaban J connectivity index is 2.00. The Morgan fingerprint density at radius 1 is 1.19 bits per heavy atom. The van der Waals surface area contributed by atoms with E-state index >= 15 is 0 Å². The molecule has 7 heteroatoms. The summed E-state index contributed by atoms with van der Waals surface area (Å²) in [6.45, 7) is 0. The Kier molecular flexibility index (Phi) is 3.73. The van der Waals surface area contributed by atoms with E-state index in [4.69, 9.17) is 9.47 Å². The van der Waals surface area contributed by atoms with E-state index in [1.54, 1.807) is 26.4 Å². The maximum absolute atomic E-state index is 12.5. The standard InChI is InChI=1S/C19H16N4O3/c1-25-11-7-8-12(16(9-11)26-2)17-13(10-20)18(24)22-19-21-14-5-3-4-6-15(14)23(17)19/h3-9,13,17H,1-2H3,(H,21,22,24)/t13-,17+/m0/s1. The molecular weight excluding hydrogens is 332 g/mol. The predicted octanol–water partition coefficient (Wildman–Crippen LogP) is 2.73. The van der Waals surface area contributed by atoms with Crippen LogP contribution in [0.15, 0.2) is 42.5 Å². The molecule has 0 unspecified atom stereocenters. The monoisotopic (exact) mass is 348 g/mol. The van der Waals surface area contributed by atoms with Gasteiger partial charge in [0.15, 0.2) is 5.92 Å². The molecule has 26 heavy (non-hydrogen) atoms. The van der Waals surface area contributed by atoms with Crippen molar-refractivity contribution in [3.8, 4) is 17.6 Å². The van der Waals surface area contributed by atoms with E-state index in [1.165, 1.54) is 0 Å². The molecule has 0 saturated heterocycles. The molecule has 1 amide bonds. The van der Waals surface area contributed by atoms with Crippen LogP contribution in [0.5, 0.6) is 11.5 Å². The number of ether oxygens (including phenoxy) is 2. The average Bonchev–Trinajstić information content (AvgIpc) is 3.04. The van der Waals surface area contributed by atoms with Crippen LogP contribution in [0.3, 0.4) is 0 Å². The molecular formula is C19H16N4O3. The highest BCUT2D eigenvalue weighted by atomic mass is 16.5. The number of nitriles is 1. The zero-order valence-electron chi connectivity index (χ0n) is 14.3. The lowest BCUT2D eigenvalue weighted by atomic mass is 9.90. The Bertz CT molecular complexity index is 1050.